The third-order valence-electron chi connectivity index (χ3n) is 5.28. The topological polar surface area (TPSA) is 58.2 Å². The predicted molar refractivity (Wildman–Crippen MR) is 119 cm³/mol. The summed E-state index contributed by atoms with van der Waals surface area (Å²) in [6.45, 7) is 4.12. The fraction of sp³-hybridized carbons (Fsp3) is 0.240. The molecule has 3 aromatic rings. The second-order valence-electron chi connectivity index (χ2n) is 7.58. The Morgan fingerprint density at radius 3 is 2.06 bits per heavy atom. The lowest BCUT2D eigenvalue weighted by Gasteiger charge is -2.25. The van der Waals surface area contributed by atoms with Crippen LogP contribution < -0.4 is 27.8 Å². The Labute approximate surface area is 189 Å². The van der Waals surface area contributed by atoms with Gasteiger partial charge in [0.2, 0.25) is 0 Å². The number of nitrogens with one attached hydrogen (secondary N) is 1. The van der Waals surface area contributed by atoms with Crippen molar-refractivity contribution in [1.29, 1.82) is 0 Å². The highest BCUT2D eigenvalue weighted by Crippen LogP contribution is 2.16. The molecule has 1 aliphatic heterocycles. The van der Waals surface area contributed by atoms with Gasteiger partial charge in [-0.3, -0.25) is 0 Å². The summed E-state index contributed by atoms with van der Waals surface area (Å²) in [7, 11) is 0. The fourth-order valence-electron chi connectivity index (χ4n) is 3.53. The molecule has 0 saturated carbocycles. The van der Waals surface area contributed by atoms with Gasteiger partial charge in [-0.25, -0.2) is 4.79 Å². The van der Waals surface area contributed by atoms with Crippen LogP contribution in [0.15, 0.2) is 78.9 Å². The number of ether oxygens (including phenoxy) is 1. The minimum Gasteiger partial charge on any atom is -1.00 e. The number of nitrogens with zero attached hydrogens (tertiary/aromatic N) is 1. The van der Waals surface area contributed by atoms with Gasteiger partial charge in [0.1, 0.15) is 12.4 Å². The van der Waals surface area contributed by atoms with Crippen LogP contribution in [0.1, 0.15) is 16.7 Å². The molecule has 2 amide bonds. The molecule has 31 heavy (non-hydrogen) atoms. The summed E-state index contributed by atoms with van der Waals surface area (Å²) in [6.07, 6.45) is 0.857. The van der Waals surface area contributed by atoms with Crippen LogP contribution in [0.4, 0.5) is 10.5 Å². The van der Waals surface area contributed by atoms with Crippen molar-refractivity contribution in [3.63, 3.8) is 0 Å². The van der Waals surface area contributed by atoms with Gasteiger partial charge in [-0.15, -0.1) is 0 Å². The summed E-state index contributed by atoms with van der Waals surface area (Å²) in [5.41, 5.74) is 4.45. The first-order valence-electron chi connectivity index (χ1n) is 10.5. The van der Waals surface area contributed by atoms with Crippen LogP contribution in [0.25, 0.3) is 0 Å². The van der Waals surface area contributed by atoms with E-state index in [-0.39, 0.29) is 18.4 Å². The molecule has 5 nitrogen and oxygen atoms in total. The van der Waals surface area contributed by atoms with Crippen LogP contribution >= 0.6 is 0 Å². The number of para-hydroxylation sites is 1. The SMILES string of the molecule is O=C(Nc1ccc(Cc2ccc(COc3ccccc3)cc2)cc1)N1CC[NH2+]CC1.[Cl-]. The molecule has 3 aromatic carbocycles. The van der Waals surface area contributed by atoms with E-state index in [0.717, 1.165) is 49.6 Å². The molecule has 0 spiro atoms. The molecular formula is C25H28ClN3O2. The summed E-state index contributed by atoms with van der Waals surface area (Å²) in [5, 5.41) is 5.23. The van der Waals surface area contributed by atoms with Gasteiger partial charge in [0.15, 0.2) is 0 Å². The largest absolute Gasteiger partial charge is 1.00 e. The summed E-state index contributed by atoms with van der Waals surface area (Å²) < 4.78 is 5.80. The number of amides is 2. The monoisotopic (exact) mass is 437 g/mol. The number of benzene rings is 3. The van der Waals surface area contributed by atoms with Gasteiger partial charge in [-0.05, 0) is 47.4 Å². The molecule has 6 heteroatoms. The smallest absolute Gasteiger partial charge is 0.322 e. The summed E-state index contributed by atoms with van der Waals surface area (Å²) in [5.74, 6) is 0.882. The molecule has 1 saturated heterocycles. The number of rotatable bonds is 6. The minimum absolute atomic E-state index is 0. The summed E-state index contributed by atoms with van der Waals surface area (Å²) in [4.78, 5) is 14.2. The number of urea groups is 1. The average molecular weight is 438 g/mol. The molecule has 0 radical (unpaired) electrons. The number of hydrogen-bond donors (Lipinski definition) is 2. The van der Waals surface area contributed by atoms with Crippen molar-refractivity contribution in [1.82, 2.24) is 4.90 Å². The van der Waals surface area contributed by atoms with Crippen molar-refractivity contribution in [3.8, 4) is 5.75 Å². The maximum atomic E-state index is 12.3. The zero-order chi connectivity index (χ0) is 20.6. The molecule has 162 valence electrons. The molecule has 0 atom stereocenters. The fourth-order valence-corrected chi connectivity index (χ4v) is 3.53. The predicted octanol–water partition coefficient (Wildman–Crippen LogP) is 0.271. The highest BCUT2D eigenvalue weighted by atomic mass is 35.5. The highest BCUT2D eigenvalue weighted by molar-refractivity contribution is 5.89. The Hall–Kier alpha value is -3.02. The van der Waals surface area contributed by atoms with E-state index in [1.807, 2.05) is 47.4 Å². The van der Waals surface area contributed by atoms with E-state index in [1.165, 1.54) is 11.1 Å². The lowest BCUT2D eigenvalue weighted by Crippen LogP contribution is -3.00. The number of piperazine rings is 1. The molecule has 4 rings (SSSR count). The first-order chi connectivity index (χ1) is 14.8. The quantitative estimate of drug-likeness (QED) is 0.581. The molecule has 0 aromatic heterocycles. The molecule has 1 aliphatic rings. The van der Waals surface area contributed by atoms with E-state index in [2.05, 4.69) is 47.0 Å². The van der Waals surface area contributed by atoms with E-state index in [9.17, 15) is 4.79 Å². The van der Waals surface area contributed by atoms with Crippen LogP contribution in [0, 0.1) is 0 Å². The molecule has 0 bridgehead atoms. The maximum absolute atomic E-state index is 12.3. The number of carbonyl (C=O) groups excluding carboxylic acids is 1. The van der Waals surface area contributed by atoms with Gasteiger partial charge in [0, 0.05) is 5.69 Å². The Morgan fingerprint density at radius 1 is 0.839 bits per heavy atom. The number of hydrogen-bond acceptors (Lipinski definition) is 2. The standard InChI is InChI=1S/C25H27N3O2.ClH/c29-25(28-16-14-26-15-17-28)27-23-12-10-21(11-13-23)18-20-6-8-22(9-7-20)19-30-24-4-2-1-3-5-24;/h1-13,26H,14-19H2,(H,27,29);1H. The van der Waals surface area contributed by atoms with E-state index in [0.29, 0.717) is 6.61 Å². The van der Waals surface area contributed by atoms with Crippen LogP contribution in [0.5, 0.6) is 5.75 Å². The Kier molecular flexibility index (Phi) is 8.33. The van der Waals surface area contributed by atoms with Crippen molar-refractivity contribution in [2.45, 2.75) is 13.0 Å². The maximum Gasteiger partial charge on any atom is 0.322 e. The van der Waals surface area contributed by atoms with E-state index in [4.69, 9.17) is 4.74 Å². The minimum atomic E-state index is -0.0100. The molecule has 3 N–H and O–H groups in total. The van der Waals surface area contributed by atoms with Crippen LogP contribution in [-0.2, 0) is 13.0 Å². The van der Waals surface area contributed by atoms with Gasteiger partial charge in [-0.2, -0.15) is 0 Å². The van der Waals surface area contributed by atoms with Gasteiger partial charge >= 0.3 is 6.03 Å². The van der Waals surface area contributed by atoms with Gasteiger partial charge < -0.3 is 32.7 Å². The Morgan fingerprint density at radius 2 is 1.42 bits per heavy atom. The molecule has 0 aliphatic carbocycles. The zero-order valence-electron chi connectivity index (χ0n) is 17.5. The van der Waals surface area contributed by atoms with Crippen molar-refractivity contribution in [2.24, 2.45) is 0 Å². The third-order valence-corrected chi connectivity index (χ3v) is 5.28. The first kappa shape index (κ1) is 22.7. The van der Waals surface area contributed by atoms with Crippen molar-refractivity contribution >= 4 is 11.7 Å². The number of anilines is 1. The Bertz CT molecular complexity index is 941. The van der Waals surface area contributed by atoms with Crippen molar-refractivity contribution in [2.75, 3.05) is 31.5 Å². The highest BCUT2D eigenvalue weighted by Gasteiger charge is 2.17. The van der Waals surface area contributed by atoms with Crippen molar-refractivity contribution in [3.05, 3.63) is 95.6 Å². The normalized spacial score (nSPS) is 13.2. The number of halogens is 1. The summed E-state index contributed by atoms with van der Waals surface area (Å²) >= 11 is 0. The molecule has 1 heterocycles. The summed E-state index contributed by atoms with van der Waals surface area (Å²) in [6, 6.07) is 26.5. The molecule has 1 fully saturated rings. The number of nitrogens with two attached hydrogens (primary N) is 1. The van der Waals surface area contributed by atoms with Crippen LogP contribution in [0.2, 0.25) is 0 Å². The van der Waals surface area contributed by atoms with Gasteiger partial charge in [0.05, 0.1) is 26.2 Å². The van der Waals surface area contributed by atoms with Crippen LogP contribution in [0.3, 0.4) is 0 Å². The third kappa shape index (κ3) is 6.74. The van der Waals surface area contributed by atoms with Crippen molar-refractivity contribution < 1.29 is 27.3 Å². The second-order valence-corrected chi connectivity index (χ2v) is 7.58. The zero-order valence-corrected chi connectivity index (χ0v) is 18.2. The van der Waals surface area contributed by atoms with Crippen LogP contribution in [-0.4, -0.2) is 37.1 Å². The van der Waals surface area contributed by atoms with E-state index in [1.54, 1.807) is 0 Å². The lowest BCUT2D eigenvalue weighted by molar-refractivity contribution is -0.661. The number of quaternary nitrogens is 1. The number of carbonyl (C=O) groups is 1. The Balaban J connectivity index is 0.00000272. The lowest BCUT2D eigenvalue weighted by atomic mass is 10.0. The molecular weight excluding hydrogens is 410 g/mol. The van der Waals surface area contributed by atoms with E-state index < -0.39 is 0 Å². The second kappa shape index (κ2) is 11.4. The van der Waals surface area contributed by atoms with Gasteiger partial charge in [-0.1, -0.05) is 54.6 Å². The molecule has 0 unspecified atom stereocenters. The van der Waals surface area contributed by atoms with E-state index >= 15 is 0 Å². The average Bonchev–Trinajstić information content (AvgIpc) is 2.81. The first-order valence-corrected chi connectivity index (χ1v) is 10.5. The van der Waals surface area contributed by atoms with Gasteiger partial charge in [0.25, 0.3) is 0 Å².